The molecule has 26 heavy (non-hydrogen) atoms. The Morgan fingerprint density at radius 2 is 1.92 bits per heavy atom. The maximum absolute atomic E-state index is 4.69. The predicted octanol–water partition coefficient (Wildman–Crippen LogP) is 5.05. The van der Waals surface area contributed by atoms with Gasteiger partial charge in [0.15, 0.2) is 5.96 Å². The van der Waals surface area contributed by atoms with Crippen molar-refractivity contribution in [2.75, 3.05) is 6.54 Å². The molecular weight excluding hydrogens is 475 g/mol. The van der Waals surface area contributed by atoms with E-state index in [4.69, 9.17) is 4.98 Å². The summed E-state index contributed by atoms with van der Waals surface area (Å²) in [6.45, 7) is 6.41. The fourth-order valence-electron chi connectivity index (χ4n) is 2.34. The normalized spacial score (nSPS) is 11.1. The van der Waals surface area contributed by atoms with Gasteiger partial charge < -0.3 is 10.6 Å². The van der Waals surface area contributed by atoms with Crippen molar-refractivity contribution in [1.29, 1.82) is 0 Å². The summed E-state index contributed by atoms with van der Waals surface area (Å²) >= 11 is 3.43. The molecule has 0 radical (unpaired) electrons. The van der Waals surface area contributed by atoms with E-state index < -0.39 is 0 Å². The van der Waals surface area contributed by atoms with Gasteiger partial charge in [-0.25, -0.2) is 9.98 Å². The van der Waals surface area contributed by atoms with Gasteiger partial charge in [-0.15, -0.1) is 46.7 Å². The van der Waals surface area contributed by atoms with Gasteiger partial charge in [0.1, 0.15) is 5.01 Å². The molecule has 0 atom stereocenters. The van der Waals surface area contributed by atoms with Crippen molar-refractivity contribution in [2.24, 2.45) is 4.99 Å². The Morgan fingerprint density at radius 3 is 2.62 bits per heavy atom. The van der Waals surface area contributed by atoms with Gasteiger partial charge in [-0.3, -0.25) is 0 Å². The molecule has 0 fully saturated rings. The minimum atomic E-state index is 0. The van der Waals surface area contributed by atoms with Gasteiger partial charge in [0.25, 0.3) is 0 Å². The zero-order chi connectivity index (χ0) is 17.5. The van der Waals surface area contributed by atoms with Crippen LogP contribution in [0, 0.1) is 6.92 Å². The predicted molar refractivity (Wildman–Crippen MR) is 124 cm³/mol. The molecule has 2 heterocycles. The Balaban J connectivity index is 0.00000243. The monoisotopic (exact) mass is 498 g/mol. The van der Waals surface area contributed by atoms with Gasteiger partial charge in [-0.1, -0.05) is 30.3 Å². The summed E-state index contributed by atoms with van der Waals surface area (Å²) < 4.78 is 0. The Kier molecular flexibility index (Phi) is 8.53. The molecule has 0 aliphatic heterocycles. The SMILES string of the molecule is CCNC(=NCc1csc(-c2ccccc2)n1)NCc1sccc1C.I. The third kappa shape index (κ3) is 5.78. The van der Waals surface area contributed by atoms with Gasteiger partial charge in [0, 0.05) is 22.4 Å². The van der Waals surface area contributed by atoms with Gasteiger partial charge >= 0.3 is 0 Å². The van der Waals surface area contributed by atoms with E-state index in [2.05, 4.69) is 58.4 Å². The minimum Gasteiger partial charge on any atom is -0.357 e. The van der Waals surface area contributed by atoms with Crippen LogP contribution in [0.2, 0.25) is 0 Å². The third-order valence-electron chi connectivity index (χ3n) is 3.70. The highest BCUT2D eigenvalue weighted by Crippen LogP contribution is 2.23. The molecule has 0 unspecified atom stereocenters. The molecule has 0 aliphatic carbocycles. The first-order valence-corrected chi connectivity index (χ1v) is 10.1. The smallest absolute Gasteiger partial charge is 0.191 e. The number of thiazole rings is 1. The first kappa shape index (κ1) is 20.9. The van der Waals surface area contributed by atoms with Crippen molar-refractivity contribution in [3.63, 3.8) is 0 Å². The highest BCUT2D eigenvalue weighted by molar-refractivity contribution is 14.0. The van der Waals surface area contributed by atoms with Crippen LogP contribution in [0.5, 0.6) is 0 Å². The van der Waals surface area contributed by atoms with Crippen LogP contribution in [0.1, 0.15) is 23.1 Å². The molecular formula is C19H23IN4S2. The van der Waals surface area contributed by atoms with Crippen LogP contribution in [-0.2, 0) is 13.1 Å². The lowest BCUT2D eigenvalue weighted by Crippen LogP contribution is -2.36. The molecule has 1 aromatic carbocycles. The van der Waals surface area contributed by atoms with E-state index in [-0.39, 0.29) is 24.0 Å². The molecule has 0 aliphatic rings. The number of nitrogens with one attached hydrogen (secondary N) is 2. The number of guanidine groups is 1. The lowest BCUT2D eigenvalue weighted by Gasteiger charge is -2.10. The maximum Gasteiger partial charge on any atom is 0.191 e. The molecule has 3 aromatic rings. The summed E-state index contributed by atoms with van der Waals surface area (Å²) in [5.74, 6) is 0.824. The molecule has 0 bridgehead atoms. The van der Waals surface area contributed by atoms with E-state index >= 15 is 0 Å². The van der Waals surface area contributed by atoms with Crippen molar-refractivity contribution in [3.8, 4) is 10.6 Å². The summed E-state index contributed by atoms with van der Waals surface area (Å²) in [7, 11) is 0. The molecule has 0 amide bonds. The molecule has 138 valence electrons. The number of hydrogen-bond donors (Lipinski definition) is 2. The largest absolute Gasteiger partial charge is 0.357 e. The average Bonchev–Trinajstić information content (AvgIpc) is 3.27. The van der Waals surface area contributed by atoms with Crippen molar-refractivity contribution in [3.05, 3.63) is 63.3 Å². The van der Waals surface area contributed by atoms with Gasteiger partial charge in [-0.05, 0) is 30.9 Å². The fraction of sp³-hybridized carbons (Fsp3) is 0.263. The topological polar surface area (TPSA) is 49.3 Å². The second-order valence-corrected chi connectivity index (χ2v) is 7.44. The van der Waals surface area contributed by atoms with E-state index in [9.17, 15) is 0 Å². The van der Waals surface area contributed by atoms with Crippen molar-refractivity contribution < 1.29 is 0 Å². The van der Waals surface area contributed by atoms with E-state index in [1.54, 1.807) is 22.7 Å². The highest BCUT2D eigenvalue weighted by Gasteiger charge is 2.05. The molecule has 0 saturated heterocycles. The molecule has 7 heteroatoms. The van der Waals surface area contributed by atoms with Crippen molar-refractivity contribution in [2.45, 2.75) is 26.9 Å². The number of aromatic nitrogens is 1. The number of rotatable bonds is 6. The number of nitrogens with zero attached hydrogens (tertiary/aromatic N) is 2. The summed E-state index contributed by atoms with van der Waals surface area (Å²) in [4.78, 5) is 10.7. The molecule has 0 spiro atoms. The van der Waals surface area contributed by atoms with Crippen LogP contribution in [-0.4, -0.2) is 17.5 Å². The Bertz CT molecular complexity index is 827. The summed E-state index contributed by atoms with van der Waals surface area (Å²) in [5, 5.41) is 11.9. The van der Waals surface area contributed by atoms with E-state index in [1.807, 2.05) is 18.2 Å². The van der Waals surface area contributed by atoms with Gasteiger partial charge in [0.05, 0.1) is 18.8 Å². The number of aryl methyl sites for hydroxylation is 1. The zero-order valence-electron chi connectivity index (χ0n) is 14.9. The quantitative estimate of drug-likeness (QED) is 0.284. The second kappa shape index (κ2) is 10.6. The molecule has 2 aromatic heterocycles. The number of hydrogen-bond acceptors (Lipinski definition) is 4. The van der Waals surface area contributed by atoms with Crippen molar-refractivity contribution >= 4 is 52.6 Å². The number of halogens is 1. The van der Waals surface area contributed by atoms with E-state index in [0.29, 0.717) is 6.54 Å². The fourth-order valence-corrected chi connectivity index (χ4v) is 4.01. The number of benzene rings is 1. The molecule has 0 saturated carbocycles. The van der Waals surface area contributed by atoms with Crippen LogP contribution >= 0.6 is 46.7 Å². The third-order valence-corrected chi connectivity index (χ3v) is 5.66. The van der Waals surface area contributed by atoms with Crippen LogP contribution in [0.4, 0.5) is 0 Å². The zero-order valence-corrected chi connectivity index (χ0v) is 18.8. The minimum absolute atomic E-state index is 0. The van der Waals surface area contributed by atoms with Gasteiger partial charge in [0.2, 0.25) is 0 Å². The van der Waals surface area contributed by atoms with Gasteiger partial charge in [-0.2, -0.15) is 0 Å². The summed E-state index contributed by atoms with van der Waals surface area (Å²) in [5.41, 5.74) is 3.47. The number of aliphatic imine (C=N–C) groups is 1. The Labute approximate surface area is 179 Å². The van der Waals surface area contributed by atoms with Crippen molar-refractivity contribution in [1.82, 2.24) is 15.6 Å². The van der Waals surface area contributed by atoms with E-state index in [0.717, 1.165) is 35.3 Å². The summed E-state index contributed by atoms with van der Waals surface area (Å²) in [6, 6.07) is 12.4. The molecule has 4 nitrogen and oxygen atoms in total. The molecule has 3 rings (SSSR count). The van der Waals surface area contributed by atoms with Crippen LogP contribution in [0.3, 0.4) is 0 Å². The lowest BCUT2D eigenvalue weighted by molar-refractivity contribution is 0.818. The Hall–Kier alpha value is -1.45. The first-order valence-electron chi connectivity index (χ1n) is 8.31. The lowest BCUT2D eigenvalue weighted by atomic mass is 10.2. The average molecular weight is 498 g/mol. The maximum atomic E-state index is 4.69. The van der Waals surface area contributed by atoms with Crippen LogP contribution in [0.15, 0.2) is 52.2 Å². The first-order chi connectivity index (χ1) is 12.3. The second-order valence-electron chi connectivity index (χ2n) is 5.59. The standard InChI is InChI=1S/C19H22N4S2.HI/c1-3-20-19(22-12-17-14(2)9-10-24-17)21-11-16-13-25-18(23-16)15-7-5-4-6-8-15;/h4-10,13H,3,11-12H2,1-2H3,(H2,20,21,22);1H. The van der Waals surface area contributed by atoms with E-state index in [1.165, 1.54) is 10.4 Å². The Morgan fingerprint density at radius 1 is 1.12 bits per heavy atom. The highest BCUT2D eigenvalue weighted by atomic mass is 127. The van der Waals surface area contributed by atoms with Crippen LogP contribution < -0.4 is 10.6 Å². The summed E-state index contributed by atoms with van der Waals surface area (Å²) in [6.07, 6.45) is 0. The number of thiophene rings is 1. The van der Waals surface area contributed by atoms with Crippen LogP contribution in [0.25, 0.3) is 10.6 Å². The molecule has 2 N–H and O–H groups in total.